The first-order chi connectivity index (χ1) is 8.62. The van der Waals surface area contributed by atoms with Crippen molar-refractivity contribution in [2.24, 2.45) is 5.84 Å². The van der Waals surface area contributed by atoms with Crippen molar-refractivity contribution >= 4 is 27.7 Å². The van der Waals surface area contributed by atoms with Crippen molar-refractivity contribution in [3.63, 3.8) is 0 Å². The Balaban J connectivity index is 2.85. The van der Waals surface area contributed by atoms with E-state index in [1.54, 1.807) is 19.4 Å². The van der Waals surface area contributed by atoms with E-state index in [2.05, 4.69) is 31.7 Å². The first kappa shape index (κ1) is 14.9. The van der Waals surface area contributed by atoms with Crippen molar-refractivity contribution < 1.29 is 9.53 Å². The number of rotatable bonds is 6. The molecule has 0 aliphatic rings. The van der Waals surface area contributed by atoms with Gasteiger partial charge in [-0.15, -0.1) is 0 Å². The minimum atomic E-state index is -0.236. The van der Waals surface area contributed by atoms with Gasteiger partial charge in [0.1, 0.15) is 0 Å². The largest absolute Gasteiger partial charge is 0.383 e. The van der Waals surface area contributed by atoms with Crippen LogP contribution in [0.3, 0.4) is 0 Å². The molecule has 7 heteroatoms. The number of pyridine rings is 1. The Bertz CT molecular complexity index is 414. The van der Waals surface area contributed by atoms with Gasteiger partial charge < -0.3 is 15.5 Å². The van der Waals surface area contributed by atoms with Gasteiger partial charge in [0.2, 0.25) is 0 Å². The number of nitrogens with one attached hydrogen (secondary N) is 2. The van der Waals surface area contributed by atoms with E-state index in [0.717, 1.165) is 6.42 Å². The molecule has 1 unspecified atom stereocenters. The lowest BCUT2D eigenvalue weighted by Gasteiger charge is -2.17. The highest BCUT2D eigenvalue weighted by Crippen LogP contribution is 2.17. The fraction of sp³-hybridized carbons (Fsp3) is 0.455. The van der Waals surface area contributed by atoms with E-state index >= 15 is 0 Å². The summed E-state index contributed by atoms with van der Waals surface area (Å²) in [5.74, 6) is 5.43. The fourth-order valence-corrected chi connectivity index (χ4v) is 1.78. The number of hydrazine groups is 1. The molecule has 0 aromatic carbocycles. The lowest BCUT2D eigenvalue weighted by molar-refractivity contribution is 0.0895. The van der Waals surface area contributed by atoms with Crippen LogP contribution < -0.4 is 16.6 Å². The van der Waals surface area contributed by atoms with Crippen LogP contribution in [0.2, 0.25) is 0 Å². The number of nitrogens with two attached hydrogens (primary N) is 1. The van der Waals surface area contributed by atoms with Crippen LogP contribution in [0.15, 0.2) is 16.7 Å². The van der Waals surface area contributed by atoms with E-state index in [1.807, 2.05) is 6.92 Å². The third-order valence-electron chi connectivity index (χ3n) is 2.43. The van der Waals surface area contributed by atoms with Crippen LogP contribution in [0.4, 0.5) is 5.82 Å². The average Bonchev–Trinajstić information content (AvgIpc) is 2.38. The summed E-state index contributed by atoms with van der Waals surface area (Å²) in [4.78, 5) is 16.1. The van der Waals surface area contributed by atoms with Crippen LogP contribution in [-0.2, 0) is 4.74 Å². The van der Waals surface area contributed by atoms with Gasteiger partial charge in [-0.3, -0.25) is 4.79 Å². The van der Waals surface area contributed by atoms with Gasteiger partial charge in [-0.05, 0) is 28.4 Å². The molecular weight excluding hydrogens is 300 g/mol. The molecule has 18 heavy (non-hydrogen) atoms. The standard InChI is InChI=1S/C11H17BrN4O2/c1-3-8(6-18-2)15-11(17)9-4-7(12)5-14-10(9)16-13/h4-5,8H,3,6,13H2,1-2H3,(H,14,16)(H,15,17). The predicted octanol–water partition coefficient (Wildman–Crippen LogP) is 1.28. The number of anilines is 1. The summed E-state index contributed by atoms with van der Waals surface area (Å²) in [6, 6.07) is 1.63. The topological polar surface area (TPSA) is 89.3 Å². The third kappa shape index (κ3) is 3.94. The lowest BCUT2D eigenvalue weighted by atomic mass is 10.2. The molecule has 1 aromatic heterocycles. The van der Waals surface area contributed by atoms with Crippen LogP contribution in [0.1, 0.15) is 23.7 Å². The van der Waals surface area contributed by atoms with Crippen LogP contribution in [-0.4, -0.2) is 30.6 Å². The minimum absolute atomic E-state index is 0.0351. The van der Waals surface area contributed by atoms with Gasteiger partial charge >= 0.3 is 0 Å². The summed E-state index contributed by atoms with van der Waals surface area (Å²) in [6.45, 7) is 2.44. The Morgan fingerprint density at radius 2 is 2.39 bits per heavy atom. The quantitative estimate of drug-likeness (QED) is 0.543. The molecule has 0 saturated heterocycles. The van der Waals surface area contributed by atoms with Crippen LogP contribution in [0, 0.1) is 0 Å². The number of aromatic nitrogens is 1. The molecule has 0 aliphatic carbocycles. The molecule has 0 radical (unpaired) electrons. The molecule has 4 N–H and O–H groups in total. The van der Waals surface area contributed by atoms with E-state index < -0.39 is 0 Å². The summed E-state index contributed by atoms with van der Waals surface area (Å²) >= 11 is 3.27. The molecule has 0 aliphatic heterocycles. The predicted molar refractivity (Wildman–Crippen MR) is 73.2 cm³/mol. The molecule has 100 valence electrons. The second-order valence-corrected chi connectivity index (χ2v) is 4.64. The van der Waals surface area contributed by atoms with Gasteiger partial charge in [0, 0.05) is 17.8 Å². The average molecular weight is 317 g/mol. The van der Waals surface area contributed by atoms with Crippen molar-refractivity contribution in [1.82, 2.24) is 10.3 Å². The number of hydrogen-bond acceptors (Lipinski definition) is 5. The van der Waals surface area contributed by atoms with Gasteiger partial charge in [0.15, 0.2) is 5.82 Å². The molecule has 1 amide bonds. The first-order valence-electron chi connectivity index (χ1n) is 5.54. The highest BCUT2D eigenvalue weighted by Gasteiger charge is 2.16. The summed E-state index contributed by atoms with van der Waals surface area (Å²) < 4.78 is 5.75. The number of amides is 1. The SMILES string of the molecule is CCC(COC)NC(=O)c1cc(Br)cnc1NN. The highest BCUT2D eigenvalue weighted by molar-refractivity contribution is 9.10. The van der Waals surface area contributed by atoms with Crippen LogP contribution >= 0.6 is 15.9 Å². The highest BCUT2D eigenvalue weighted by atomic mass is 79.9. The zero-order valence-electron chi connectivity index (χ0n) is 10.4. The maximum absolute atomic E-state index is 12.1. The molecule has 1 rings (SSSR count). The van der Waals surface area contributed by atoms with Crippen molar-refractivity contribution in [2.75, 3.05) is 19.1 Å². The number of nitrogens with zero attached hydrogens (tertiary/aromatic N) is 1. The zero-order chi connectivity index (χ0) is 13.5. The Morgan fingerprint density at radius 1 is 1.67 bits per heavy atom. The monoisotopic (exact) mass is 316 g/mol. The maximum Gasteiger partial charge on any atom is 0.255 e. The van der Waals surface area contributed by atoms with E-state index in [-0.39, 0.29) is 11.9 Å². The van der Waals surface area contributed by atoms with E-state index in [4.69, 9.17) is 10.6 Å². The number of halogens is 1. The third-order valence-corrected chi connectivity index (χ3v) is 2.87. The number of hydrogen-bond donors (Lipinski definition) is 3. The number of methoxy groups -OCH3 is 1. The van der Waals surface area contributed by atoms with E-state index in [9.17, 15) is 4.79 Å². The molecule has 0 spiro atoms. The van der Waals surface area contributed by atoms with E-state index in [1.165, 1.54) is 0 Å². The Labute approximate surface area is 114 Å². The Hall–Kier alpha value is -1.18. The van der Waals surface area contributed by atoms with Gasteiger partial charge in [-0.1, -0.05) is 6.92 Å². The second kappa shape index (κ2) is 7.30. The molecule has 1 atom stereocenters. The van der Waals surface area contributed by atoms with Crippen molar-refractivity contribution in [2.45, 2.75) is 19.4 Å². The number of ether oxygens (including phenoxy) is 1. The van der Waals surface area contributed by atoms with Gasteiger partial charge in [0.25, 0.3) is 5.91 Å². The minimum Gasteiger partial charge on any atom is -0.383 e. The number of carbonyl (C=O) groups excluding carboxylic acids is 1. The van der Waals surface area contributed by atoms with Crippen molar-refractivity contribution in [3.8, 4) is 0 Å². The van der Waals surface area contributed by atoms with Gasteiger partial charge in [-0.2, -0.15) is 0 Å². The summed E-state index contributed by atoms with van der Waals surface area (Å²) in [6.07, 6.45) is 2.35. The molecule has 1 aromatic rings. The normalized spacial score (nSPS) is 12.0. The van der Waals surface area contributed by atoms with Gasteiger partial charge in [0.05, 0.1) is 18.2 Å². The van der Waals surface area contributed by atoms with E-state index in [0.29, 0.717) is 22.5 Å². The first-order valence-corrected chi connectivity index (χ1v) is 6.33. The molecule has 1 heterocycles. The molecule has 6 nitrogen and oxygen atoms in total. The second-order valence-electron chi connectivity index (χ2n) is 3.73. The number of carbonyl (C=O) groups is 1. The summed E-state index contributed by atoms with van der Waals surface area (Å²) in [5.41, 5.74) is 2.79. The number of nitrogen functional groups attached to an aromatic ring is 1. The smallest absolute Gasteiger partial charge is 0.255 e. The summed E-state index contributed by atoms with van der Waals surface area (Å²) in [5, 5.41) is 2.87. The molecule has 0 fully saturated rings. The van der Waals surface area contributed by atoms with Crippen molar-refractivity contribution in [1.29, 1.82) is 0 Å². The van der Waals surface area contributed by atoms with Gasteiger partial charge in [-0.25, -0.2) is 10.8 Å². The maximum atomic E-state index is 12.1. The zero-order valence-corrected chi connectivity index (χ0v) is 12.0. The lowest BCUT2D eigenvalue weighted by Crippen LogP contribution is -2.38. The molecule has 0 bridgehead atoms. The van der Waals surface area contributed by atoms with Crippen LogP contribution in [0.5, 0.6) is 0 Å². The Morgan fingerprint density at radius 3 is 2.94 bits per heavy atom. The summed E-state index contributed by atoms with van der Waals surface area (Å²) in [7, 11) is 1.60. The molecule has 0 saturated carbocycles. The Kier molecular flexibility index (Phi) is 6.03. The fourth-order valence-electron chi connectivity index (χ4n) is 1.45. The van der Waals surface area contributed by atoms with Crippen molar-refractivity contribution in [3.05, 3.63) is 22.3 Å². The molecular formula is C11H17BrN4O2. The van der Waals surface area contributed by atoms with Crippen LogP contribution in [0.25, 0.3) is 0 Å².